The first-order chi connectivity index (χ1) is 45.1. The number of nitrogens with zero attached hydrogens (tertiary/aromatic N) is 4. The van der Waals surface area contributed by atoms with Gasteiger partial charge in [-0.2, -0.15) is 8.42 Å². The van der Waals surface area contributed by atoms with E-state index >= 15 is 0 Å². The largest absolute Gasteiger partial charge is 0.493 e. The van der Waals surface area contributed by atoms with E-state index in [2.05, 4.69) is 65.9 Å². The molecule has 6 aromatic carbocycles. The minimum absolute atomic E-state index is 0.00793. The fraction of sp³-hybridized carbons (Fsp3) is 0.288. The molecule has 92 heavy (non-hydrogen) atoms. The molecule has 0 spiro atoms. The van der Waals surface area contributed by atoms with Gasteiger partial charge in [-0.3, -0.25) is 4.18 Å². The highest BCUT2D eigenvalue weighted by Crippen LogP contribution is 2.32. The summed E-state index contributed by atoms with van der Waals surface area (Å²) >= 11 is 0. The first-order valence-electron chi connectivity index (χ1n) is 30.6. The topological polar surface area (TPSA) is 207 Å². The Morgan fingerprint density at radius 3 is 0.826 bits per heavy atom. The van der Waals surface area contributed by atoms with Gasteiger partial charge in [-0.1, -0.05) is 60.7 Å². The second-order valence-electron chi connectivity index (χ2n) is 20.8. The van der Waals surface area contributed by atoms with Crippen LogP contribution in [0.5, 0.6) is 23.0 Å². The van der Waals surface area contributed by atoms with Gasteiger partial charge in [-0.25, -0.2) is 19.9 Å². The molecule has 4 heterocycles. The van der Waals surface area contributed by atoms with E-state index in [0.717, 1.165) is 131 Å². The zero-order valence-corrected chi connectivity index (χ0v) is 52.6. The zero-order chi connectivity index (χ0) is 64.0. The third kappa shape index (κ3) is 21.2. The van der Waals surface area contributed by atoms with Crippen LogP contribution < -0.4 is 18.9 Å². The average Bonchev–Trinajstić information content (AvgIpc) is 0.824. The maximum Gasteiger partial charge on any atom is 0.264 e. The van der Waals surface area contributed by atoms with Crippen LogP contribution in [0, 0.1) is 0 Å². The van der Waals surface area contributed by atoms with Crippen molar-refractivity contribution < 1.29 is 65.1 Å². The van der Waals surface area contributed by atoms with Crippen LogP contribution >= 0.6 is 0 Å². The summed E-state index contributed by atoms with van der Waals surface area (Å²) < 4.78 is 81.8. The quantitative estimate of drug-likeness (QED) is 0.0165. The van der Waals surface area contributed by atoms with Crippen molar-refractivity contribution in [3.8, 4) is 68.0 Å². The summed E-state index contributed by atoms with van der Waals surface area (Å²) in [4.78, 5) is 20.2. The summed E-state index contributed by atoms with van der Waals surface area (Å²) in [5, 5.41) is 12.8. The van der Waals surface area contributed by atoms with E-state index in [1.165, 1.54) is 0 Å². The number of fused-ring (bicyclic) bond motifs is 6. The number of aliphatic hydroxyl groups is 1. The van der Waals surface area contributed by atoms with Gasteiger partial charge in [0.2, 0.25) is 0 Å². The lowest BCUT2D eigenvalue weighted by atomic mass is 10.1. The lowest BCUT2D eigenvalue weighted by Crippen LogP contribution is -2.14. The molecule has 0 radical (unpaired) electrons. The van der Waals surface area contributed by atoms with Crippen molar-refractivity contribution in [1.29, 1.82) is 0 Å². The van der Waals surface area contributed by atoms with E-state index in [1.54, 1.807) is 0 Å². The number of aromatic nitrogens is 4. The van der Waals surface area contributed by atoms with Crippen LogP contribution in [0.4, 0.5) is 0 Å². The van der Waals surface area contributed by atoms with Gasteiger partial charge < -0.3 is 52.5 Å². The van der Waals surface area contributed by atoms with Gasteiger partial charge in [-0.05, 0) is 134 Å². The molecule has 0 atom stereocenters. The summed E-state index contributed by atoms with van der Waals surface area (Å²) in [5.74, 6) is 3.16. The number of rotatable bonds is 38. The summed E-state index contributed by atoms with van der Waals surface area (Å²) in [6.07, 6.45) is 6.31. The summed E-state index contributed by atoms with van der Waals surface area (Å²) in [5.41, 5.74) is 10.9. The lowest BCUT2D eigenvalue weighted by molar-refractivity contribution is 0.00361. The van der Waals surface area contributed by atoms with Crippen LogP contribution in [0.3, 0.4) is 0 Å². The predicted molar refractivity (Wildman–Crippen MR) is 360 cm³/mol. The number of ether oxygens (including phenoxy) is 10. The van der Waals surface area contributed by atoms with Crippen molar-refractivity contribution in [2.75, 3.05) is 125 Å². The molecular weight excluding hydrogens is 1190 g/mol. The smallest absolute Gasteiger partial charge is 0.264 e. The van der Waals surface area contributed by atoms with Gasteiger partial charge in [0.1, 0.15) is 36.2 Å². The Labute approximate surface area is 537 Å². The van der Waals surface area contributed by atoms with E-state index in [9.17, 15) is 8.42 Å². The summed E-state index contributed by atoms with van der Waals surface area (Å²) in [6.45, 7) is 14.4. The average molecular weight is 1270 g/mol. The normalized spacial score (nSPS) is 11.4. The van der Waals surface area contributed by atoms with Crippen LogP contribution in [0.25, 0.3) is 88.6 Å². The third-order valence-corrected chi connectivity index (χ3v) is 14.7. The fourth-order valence-electron chi connectivity index (χ4n) is 9.42. The molecule has 1 N–H and O–H groups in total. The third-order valence-electron chi connectivity index (χ3n) is 14.1. The van der Waals surface area contributed by atoms with Gasteiger partial charge in [-0.15, -0.1) is 13.2 Å². The van der Waals surface area contributed by atoms with Crippen LogP contribution in [-0.2, 0) is 42.7 Å². The molecule has 4 aromatic heterocycles. The number of benzene rings is 6. The van der Waals surface area contributed by atoms with Crippen molar-refractivity contribution in [2.45, 2.75) is 12.8 Å². The maximum absolute atomic E-state index is 10.9. The molecule has 10 rings (SSSR count). The molecule has 0 bridgehead atoms. The monoisotopic (exact) mass is 1270 g/mol. The molecule has 0 aliphatic heterocycles. The highest BCUT2D eigenvalue weighted by atomic mass is 32.2. The molecule has 19 heteroatoms. The maximum atomic E-state index is 10.9. The number of pyridine rings is 4. The first kappa shape index (κ1) is 67.7. The molecule has 0 unspecified atom stereocenters. The molecule has 0 saturated carbocycles. The molecule has 18 nitrogen and oxygen atoms in total. The Bertz CT molecular complexity index is 4030. The molecule has 0 amide bonds. The number of hydrogen-bond acceptors (Lipinski definition) is 18. The van der Waals surface area contributed by atoms with Crippen LogP contribution in [0.2, 0.25) is 0 Å². The van der Waals surface area contributed by atoms with E-state index in [4.69, 9.17) is 72.4 Å². The van der Waals surface area contributed by atoms with E-state index in [0.29, 0.717) is 99.1 Å². The minimum atomic E-state index is -3.44. The van der Waals surface area contributed by atoms with Gasteiger partial charge in [0, 0.05) is 43.8 Å². The van der Waals surface area contributed by atoms with Crippen molar-refractivity contribution in [3.05, 3.63) is 195 Å². The number of hydrogen-bond donors (Lipinski definition) is 1. The molecule has 0 fully saturated rings. The van der Waals surface area contributed by atoms with Crippen molar-refractivity contribution in [1.82, 2.24) is 19.9 Å². The lowest BCUT2D eigenvalue weighted by Gasteiger charge is -2.10. The van der Waals surface area contributed by atoms with Crippen LogP contribution in [0.15, 0.2) is 195 Å². The van der Waals surface area contributed by atoms with E-state index < -0.39 is 10.1 Å². The Balaban J connectivity index is 0.000000218. The summed E-state index contributed by atoms with van der Waals surface area (Å²) in [7, 11) is -3.44. The minimum Gasteiger partial charge on any atom is -0.493 e. The molecule has 480 valence electrons. The Morgan fingerprint density at radius 2 is 0.565 bits per heavy atom. The highest BCUT2D eigenvalue weighted by molar-refractivity contribution is 7.86. The fourth-order valence-corrected chi connectivity index (χ4v) is 9.79. The Kier molecular flexibility index (Phi) is 26.7. The second-order valence-corrected chi connectivity index (χ2v) is 22.4. The molecule has 0 aliphatic rings. The Hall–Kier alpha value is -8.73. The van der Waals surface area contributed by atoms with Gasteiger partial charge in [0.05, 0.1) is 157 Å². The number of aliphatic hydroxyl groups excluding tert-OH is 1. The van der Waals surface area contributed by atoms with Crippen molar-refractivity contribution in [3.63, 3.8) is 0 Å². The first-order valence-corrected chi connectivity index (χ1v) is 32.4. The summed E-state index contributed by atoms with van der Waals surface area (Å²) in [6, 6.07) is 56.6. The van der Waals surface area contributed by atoms with Crippen molar-refractivity contribution >= 4 is 53.7 Å². The standard InChI is InChI=1S/C37H40N2O8S.C36H38N2O6/c1-3-4-19-45-32-13-7-28(8-14-32)34-17-11-30-5-6-31-12-18-35(39-37(31)36(30)38-34)29-9-15-33(16-10-29)46-26-24-43-22-20-42-21-23-44-25-27-47-48(2,40)41;1-2-3-19-43-31-12-6-27(7-13-31)33-16-10-29-4-5-30-11-17-34(38-36(30)35(29)37-33)28-8-14-32(15-9-28)44-26-25-42-24-23-41-22-21-40-20-18-39/h3,5-18H,1,4,19-27H2,2H3;2,4-17,39H,1,3,18-26H2. The van der Waals surface area contributed by atoms with Crippen LogP contribution in [-0.4, -0.2) is 159 Å². The molecule has 0 saturated heterocycles. The van der Waals surface area contributed by atoms with Gasteiger partial charge in [0.15, 0.2) is 0 Å². The predicted octanol–water partition coefficient (Wildman–Crippen LogP) is 13.0. The van der Waals surface area contributed by atoms with Gasteiger partial charge >= 0.3 is 0 Å². The SMILES string of the molecule is C=CCCOc1ccc(-c2ccc3ccc4ccc(-c5ccc(OCCOCCOCCOCCO)cc5)nc4c3n2)cc1.C=CCCOc1ccc(-c2ccc3ccc4ccc(-c5ccc(OCCOCCOCCOCCOS(C)(=O)=O)cc5)nc4c3n2)cc1. The van der Waals surface area contributed by atoms with E-state index in [1.807, 2.05) is 133 Å². The molecule has 10 aromatic rings. The van der Waals surface area contributed by atoms with Crippen molar-refractivity contribution in [2.24, 2.45) is 0 Å². The van der Waals surface area contributed by atoms with Crippen LogP contribution in [0.1, 0.15) is 12.8 Å². The zero-order valence-electron chi connectivity index (χ0n) is 51.8. The second kappa shape index (κ2) is 36.3. The van der Waals surface area contributed by atoms with Gasteiger partial charge in [0.25, 0.3) is 10.1 Å². The molecular formula is C73H78N4O14S. The molecule has 0 aliphatic carbocycles. The highest BCUT2D eigenvalue weighted by Gasteiger charge is 2.13. The Morgan fingerprint density at radius 1 is 0.326 bits per heavy atom. The van der Waals surface area contributed by atoms with E-state index in [-0.39, 0.29) is 19.8 Å².